The molecule has 0 saturated heterocycles. The second-order valence-electron chi connectivity index (χ2n) is 3.86. The molecular formula is C12H16N2O. The van der Waals surface area contributed by atoms with Gasteiger partial charge in [0.2, 0.25) is 0 Å². The molecule has 0 heterocycles. The van der Waals surface area contributed by atoms with Crippen LogP contribution in [0.3, 0.4) is 0 Å². The van der Waals surface area contributed by atoms with Crippen LogP contribution in [0, 0.1) is 18.3 Å². The molecule has 0 aromatic heterocycles. The first-order chi connectivity index (χ1) is 7.04. The molecular weight excluding hydrogens is 188 g/mol. The minimum Gasteiger partial charge on any atom is -0.392 e. The van der Waals surface area contributed by atoms with Crippen LogP contribution in [0.25, 0.3) is 0 Å². The van der Waals surface area contributed by atoms with Crippen molar-refractivity contribution in [1.82, 2.24) is 0 Å². The zero-order valence-electron chi connectivity index (χ0n) is 9.36. The van der Waals surface area contributed by atoms with Gasteiger partial charge >= 0.3 is 0 Å². The van der Waals surface area contributed by atoms with Crippen LogP contribution < -0.4 is 4.90 Å². The molecule has 1 aromatic rings. The second-order valence-corrected chi connectivity index (χ2v) is 3.86. The Balaban J connectivity index is 3.01. The van der Waals surface area contributed by atoms with Gasteiger partial charge in [-0.3, -0.25) is 0 Å². The Bertz CT molecular complexity index is 380. The van der Waals surface area contributed by atoms with E-state index in [-0.39, 0.29) is 0 Å². The Morgan fingerprint density at radius 2 is 2.20 bits per heavy atom. The molecule has 0 spiro atoms. The SMILES string of the molecule is Cc1ccc(C#N)c(N(C)CC(C)O)c1. The predicted octanol–water partition coefficient (Wildman–Crippen LogP) is 1.68. The van der Waals surface area contributed by atoms with Gasteiger partial charge in [-0.25, -0.2) is 0 Å². The number of nitrogens with zero attached hydrogens (tertiary/aromatic N) is 2. The number of hydrogen-bond donors (Lipinski definition) is 1. The lowest BCUT2D eigenvalue weighted by Crippen LogP contribution is -2.27. The van der Waals surface area contributed by atoms with Crippen molar-refractivity contribution < 1.29 is 5.11 Å². The van der Waals surface area contributed by atoms with Crippen molar-refractivity contribution >= 4 is 5.69 Å². The van der Waals surface area contributed by atoms with E-state index < -0.39 is 6.10 Å². The topological polar surface area (TPSA) is 47.3 Å². The molecule has 1 rings (SSSR count). The first-order valence-electron chi connectivity index (χ1n) is 4.94. The van der Waals surface area contributed by atoms with Gasteiger partial charge < -0.3 is 10.0 Å². The summed E-state index contributed by atoms with van der Waals surface area (Å²) in [5.74, 6) is 0. The van der Waals surface area contributed by atoms with Crippen molar-refractivity contribution in [2.75, 3.05) is 18.5 Å². The molecule has 15 heavy (non-hydrogen) atoms. The standard InChI is InChI=1S/C12H16N2O/c1-9-4-5-11(7-13)12(6-9)14(3)8-10(2)15/h4-6,10,15H,8H2,1-3H3. The Morgan fingerprint density at radius 3 is 2.73 bits per heavy atom. The highest BCUT2D eigenvalue weighted by atomic mass is 16.3. The number of aliphatic hydroxyl groups excluding tert-OH is 1. The van der Waals surface area contributed by atoms with Gasteiger partial charge in [-0.2, -0.15) is 5.26 Å². The number of aryl methyl sites for hydroxylation is 1. The highest BCUT2D eigenvalue weighted by molar-refractivity contribution is 5.60. The van der Waals surface area contributed by atoms with E-state index >= 15 is 0 Å². The van der Waals surface area contributed by atoms with Crippen LogP contribution in [0.5, 0.6) is 0 Å². The number of nitriles is 1. The van der Waals surface area contributed by atoms with Crippen LogP contribution >= 0.6 is 0 Å². The summed E-state index contributed by atoms with van der Waals surface area (Å²) in [5, 5.41) is 18.2. The number of aliphatic hydroxyl groups is 1. The molecule has 0 amide bonds. The highest BCUT2D eigenvalue weighted by Gasteiger charge is 2.09. The van der Waals surface area contributed by atoms with Crippen molar-refractivity contribution in [2.24, 2.45) is 0 Å². The van der Waals surface area contributed by atoms with Gasteiger partial charge in [-0.1, -0.05) is 6.07 Å². The largest absolute Gasteiger partial charge is 0.392 e. The van der Waals surface area contributed by atoms with Crippen molar-refractivity contribution in [3.63, 3.8) is 0 Å². The fourth-order valence-corrected chi connectivity index (χ4v) is 1.55. The predicted molar refractivity (Wildman–Crippen MR) is 60.8 cm³/mol. The molecule has 1 unspecified atom stereocenters. The molecule has 0 bridgehead atoms. The zero-order valence-corrected chi connectivity index (χ0v) is 9.36. The van der Waals surface area contributed by atoms with Crippen molar-refractivity contribution in [3.05, 3.63) is 29.3 Å². The van der Waals surface area contributed by atoms with E-state index in [0.29, 0.717) is 12.1 Å². The monoisotopic (exact) mass is 204 g/mol. The molecule has 0 aliphatic rings. The Kier molecular flexibility index (Phi) is 3.70. The van der Waals surface area contributed by atoms with E-state index in [4.69, 9.17) is 5.26 Å². The third-order valence-corrected chi connectivity index (χ3v) is 2.22. The van der Waals surface area contributed by atoms with Crippen LogP contribution in [0.1, 0.15) is 18.1 Å². The summed E-state index contributed by atoms with van der Waals surface area (Å²) in [7, 11) is 1.88. The number of likely N-dealkylation sites (N-methyl/N-ethyl adjacent to an activating group) is 1. The minimum absolute atomic E-state index is 0.401. The Labute approximate surface area is 90.6 Å². The molecule has 0 fully saturated rings. The van der Waals surface area contributed by atoms with E-state index in [1.165, 1.54) is 0 Å². The Hall–Kier alpha value is -1.53. The van der Waals surface area contributed by atoms with Gasteiger partial charge in [0, 0.05) is 13.6 Å². The van der Waals surface area contributed by atoms with Crippen LogP contribution in [0.4, 0.5) is 5.69 Å². The van der Waals surface area contributed by atoms with E-state index in [1.54, 1.807) is 6.92 Å². The first kappa shape index (κ1) is 11.5. The van der Waals surface area contributed by atoms with Gasteiger partial charge in [0.25, 0.3) is 0 Å². The Morgan fingerprint density at radius 1 is 1.53 bits per heavy atom. The number of hydrogen-bond acceptors (Lipinski definition) is 3. The number of rotatable bonds is 3. The summed E-state index contributed by atoms with van der Waals surface area (Å²) in [6, 6.07) is 7.84. The first-order valence-corrected chi connectivity index (χ1v) is 4.94. The molecule has 3 heteroatoms. The normalized spacial score (nSPS) is 11.9. The zero-order chi connectivity index (χ0) is 11.4. The van der Waals surface area contributed by atoms with Gasteiger partial charge in [-0.15, -0.1) is 0 Å². The molecule has 3 nitrogen and oxygen atoms in total. The lowest BCUT2D eigenvalue weighted by Gasteiger charge is -2.22. The summed E-state index contributed by atoms with van der Waals surface area (Å²) in [6.45, 7) is 4.25. The van der Waals surface area contributed by atoms with Gasteiger partial charge in [0.15, 0.2) is 0 Å². The average Bonchev–Trinajstić information content (AvgIpc) is 2.16. The second kappa shape index (κ2) is 4.81. The summed E-state index contributed by atoms with van der Waals surface area (Å²) in [4.78, 5) is 1.90. The van der Waals surface area contributed by atoms with Crippen molar-refractivity contribution in [2.45, 2.75) is 20.0 Å². The van der Waals surface area contributed by atoms with Gasteiger partial charge in [0.1, 0.15) is 6.07 Å². The van der Waals surface area contributed by atoms with E-state index in [2.05, 4.69) is 6.07 Å². The molecule has 80 valence electrons. The van der Waals surface area contributed by atoms with E-state index in [9.17, 15) is 5.11 Å². The molecule has 0 aliphatic heterocycles. The minimum atomic E-state index is -0.401. The molecule has 1 N–H and O–H groups in total. The lowest BCUT2D eigenvalue weighted by atomic mass is 10.1. The third-order valence-electron chi connectivity index (χ3n) is 2.22. The molecule has 1 atom stereocenters. The third kappa shape index (κ3) is 2.97. The number of anilines is 1. The summed E-state index contributed by atoms with van der Waals surface area (Å²) in [6.07, 6.45) is -0.401. The molecule has 0 aliphatic carbocycles. The molecule has 0 radical (unpaired) electrons. The van der Waals surface area contributed by atoms with Gasteiger partial charge in [-0.05, 0) is 31.5 Å². The highest BCUT2D eigenvalue weighted by Crippen LogP contribution is 2.20. The maximum atomic E-state index is 9.29. The average molecular weight is 204 g/mol. The van der Waals surface area contributed by atoms with Crippen LogP contribution in [-0.4, -0.2) is 24.8 Å². The van der Waals surface area contributed by atoms with Crippen LogP contribution in [0.15, 0.2) is 18.2 Å². The quantitative estimate of drug-likeness (QED) is 0.815. The fraction of sp³-hybridized carbons (Fsp3) is 0.417. The fourth-order valence-electron chi connectivity index (χ4n) is 1.55. The van der Waals surface area contributed by atoms with Crippen LogP contribution in [-0.2, 0) is 0 Å². The summed E-state index contributed by atoms with van der Waals surface area (Å²) < 4.78 is 0. The van der Waals surface area contributed by atoms with Crippen LogP contribution in [0.2, 0.25) is 0 Å². The molecule has 1 aromatic carbocycles. The maximum Gasteiger partial charge on any atom is 0.101 e. The number of benzene rings is 1. The lowest BCUT2D eigenvalue weighted by molar-refractivity contribution is 0.201. The van der Waals surface area contributed by atoms with E-state index in [0.717, 1.165) is 11.3 Å². The smallest absolute Gasteiger partial charge is 0.101 e. The van der Waals surface area contributed by atoms with E-state index in [1.807, 2.05) is 37.1 Å². The van der Waals surface area contributed by atoms with Gasteiger partial charge in [0.05, 0.1) is 17.4 Å². The van der Waals surface area contributed by atoms with Crippen molar-refractivity contribution in [3.8, 4) is 6.07 Å². The maximum absolute atomic E-state index is 9.29. The summed E-state index contributed by atoms with van der Waals surface area (Å²) in [5.41, 5.74) is 2.63. The molecule has 0 saturated carbocycles. The summed E-state index contributed by atoms with van der Waals surface area (Å²) >= 11 is 0. The van der Waals surface area contributed by atoms with Crippen molar-refractivity contribution in [1.29, 1.82) is 5.26 Å².